The zero-order valence-corrected chi connectivity index (χ0v) is 20.6. The van der Waals surface area contributed by atoms with Gasteiger partial charge < -0.3 is 14.7 Å². The highest BCUT2D eigenvalue weighted by Crippen LogP contribution is 2.35. The predicted octanol–water partition coefficient (Wildman–Crippen LogP) is 5.54. The first-order valence-electron chi connectivity index (χ1n) is 12.1. The van der Waals surface area contributed by atoms with Gasteiger partial charge in [-0.15, -0.1) is 11.8 Å². The van der Waals surface area contributed by atoms with E-state index < -0.39 is 6.17 Å². The number of benzene rings is 1. The number of methoxy groups -OCH3 is 1. The summed E-state index contributed by atoms with van der Waals surface area (Å²) in [4.78, 5) is 11.2. The van der Waals surface area contributed by atoms with Crippen molar-refractivity contribution in [1.29, 1.82) is 0 Å². The van der Waals surface area contributed by atoms with Gasteiger partial charge in [0.05, 0.1) is 17.7 Å². The van der Waals surface area contributed by atoms with Crippen LogP contribution in [0.3, 0.4) is 0 Å². The highest BCUT2D eigenvalue weighted by molar-refractivity contribution is 7.99. The van der Waals surface area contributed by atoms with Crippen molar-refractivity contribution in [2.45, 2.75) is 36.9 Å². The Bertz CT molecular complexity index is 1040. The van der Waals surface area contributed by atoms with Crippen LogP contribution in [0.2, 0.25) is 0 Å². The van der Waals surface area contributed by atoms with E-state index in [1.54, 1.807) is 31.1 Å². The monoisotopic (exact) mass is 483 g/mol. The zero-order valence-electron chi connectivity index (χ0n) is 19.8. The number of piperidine rings is 1. The highest BCUT2D eigenvalue weighted by atomic mass is 32.2. The van der Waals surface area contributed by atoms with Crippen molar-refractivity contribution in [2.75, 3.05) is 39.1 Å². The summed E-state index contributed by atoms with van der Waals surface area (Å²) in [6.07, 6.45) is 5.79. The van der Waals surface area contributed by atoms with Gasteiger partial charge >= 0.3 is 0 Å². The molecule has 1 fully saturated rings. The first kappa shape index (κ1) is 24.9. The van der Waals surface area contributed by atoms with Gasteiger partial charge in [-0.3, -0.25) is 4.98 Å². The van der Waals surface area contributed by atoms with E-state index in [0.29, 0.717) is 23.7 Å². The predicted molar refractivity (Wildman–Crippen MR) is 136 cm³/mol. The highest BCUT2D eigenvalue weighted by Gasteiger charge is 2.29. The normalized spacial score (nSPS) is 19.9. The second-order valence-electron chi connectivity index (χ2n) is 8.99. The van der Waals surface area contributed by atoms with Crippen molar-refractivity contribution in [1.82, 2.24) is 14.9 Å². The fraction of sp³-hybridized carbons (Fsp3) is 0.481. The number of hydrogen-bond acceptors (Lipinski definition) is 6. The molecule has 1 aliphatic heterocycles. The van der Waals surface area contributed by atoms with Gasteiger partial charge in [0.25, 0.3) is 0 Å². The summed E-state index contributed by atoms with van der Waals surface area (Å²) in [6, 6.07) is 13.4. The molecule has 0 bridgehead atoms. The minimum absolute atomic E-state index is 0.163. The topological polar surface area (TPSA) is 58.5 Å². The second-order valence-corrected chi connectivity index (χ2v) is 10.1. The second kappa shape index (κ2) is 12.5. The van der Waals surface area contributed by atoms with Crippen LogP contribution in [0.25, 0.3) is 10.9 Å². The number of aromatic nitrogens is 2. The molecular formula is C27H34FN3O2S. The van der Waals surface area contributed by atoms with E-state index in [9.17, 15) is 5.11 Å². The smallest absolute Gasteiger partial charge is 0.126 e. The number of aliphatic hydroxyl groups excluding tert-OH is 1. The van der Waals surface area contributed by atoms with E-state index in [1.807, 2.05) is 42.6 Å². The summed E-state index contributed by atoms with van der Waals surface area (Å²) in [5.74, 6) is 2.30. The molecular weight excluding hydrogens is 449 g/mol. The third-order valence-electron chi connectivity index (χ3n) is 6.83. The number of likely N-dealkylation sites (tertiary alicyclic amines) is 1. The van der Waals surface area contributed by atoms with Crippen molar-refractivity contribution in [3.05, 3.63) is 60.4 Å². The molecule has 1 aliphatic rings. The van der Waals surface area contributed by atoms with Crippen molar-refractivity contribution >= 4 is 22.7 Å². The van der Waals surface area contributed by atoms with Crippen LogP contribution >= 0.6 is 11.8 Å². The van der Waals surface area contributed by atoms with Crippen molar-refractivity contribution in [2.24, 2.45) is 11.8 Å². The molecule has 1 unspecified atom stereocenters. The van der Waals surface area contributed by atoms with E-state index in [-0.39, 0.29) is 12.5 Å². The molecule has 0 aliphatic carbocycles. The molecule has 0 amide bonds. The Kier molecular flexibility index (Phi) is 9.13. The molecule has 7 heteroatoms. The van der Waals surface area contributed by atoms with Gasteiger partial charge in [0.1, 0.15) is 11.9 Å². The number of rotatable bonds is 11. The molecule has 3 heterocycles. The maximum Gasteiger partial charge on any atom is 0.126 e. The summed E-state index contributed by atoms with van der Waals surface area (Å²) in [5, 5.41) is 11.9. The number of nitrogens with zero attached hydrogens (tertiary/aromatic N) is 3. The first-order chi connectivity index (χ1) is 16.7. The molecule has 1 saturated heterocycles. The van der Waals surface area contributed by atoms with Crippen LogP contribution in [0.5, 0.6) is 5.75 Å². The number of aliphatic hydroxyl groups is 1. The average molecular weight is 484 g/mol. The Morgan fingerprint density at radius 2 is 2.09 bits per heavy atom. The van der Waals surface area contributed by atoms with E-state index >= 15 is 4.39 Å². The van der Waals surface area contributed by atoms with Crippen LogP contribution in [0, 0.1) is 11.8 Å². The molecule has 1 aromatic carbocycles. The third-order valence-corrected chi connectivity index (χ3v) is 7.86. The third kappa shape index (κ3) is 6.46. The quantitative estimate of drug-likeness (QED) is 0.285. The molecule has 0 radical (unpaired) electrons. The fourth-order valence-electron chi connectivity index (χ4n) is 4.91. The maximum atomic E-state index is 15.4. The number of halogens is 1. The molecule has 34 heavy (non-hydrogen) atoms. The van der Waals surface area contributed by atoms with Crippen molar-refractivity contribution < 1.29 is 14.2 Å². The van der Waals surface area contributed by atoms with Crippen LogP contribution in [-0.2, 0) is 0 Å². The lowest BCUT2D eigenvalue weighted by molar-refractivity contribution is 0.0640. The van der Waals surface area contributed by atoms with Gasteiger partial charge in [0.15, 0.2) is 0 Å². The standard InChI is InChI=1S/C27H34FN3O2S/c1-33-22-7-9-26-24(17-22)23(10-13-29-26)25(28)8-6-20-11-15-31(18-21(20)19-32)14-4-16-34-27-5-2-3-12-30-27/h2-3,5,7,9-10,12-13,17,20-21,25,32H,4,6,8,11,14-16,18-19H2,1H3/t20-,21-,25?/m1/s1. The molecule has 0 saturated carbocycles. The van der Waals surface area contributed by atoms with E-state index in [4.69, 9.17) is 4.74 Å². The van der Waals surface area contributed by atoms with Crippen LogP contribution in [-0.4, -0.2) is 59.1 Å². The summed E-state index contributed by atoms with van der Waals surface area (Å²) in [5.41, 5.74) is 1.45. The lowest BCUT2D eigenvalue weighted by Crippen LogP contribution is -2.42. The number of pyridine rings is 2. The lowest BCUT2D eigenvalue weighted by Gasteiger charge is -2.38. The summed E-state index contributed by atoms with van der Waals surface area (Å²) in [6.45, 7) is 3.10. The SMILES string of the molecule is COc1ccc2nccc(C(F)CC[C@@H]3CCN(CCCSc4ccccn4)C[C@@H]3CO)c2c1. The number of alkyl halides is 1. The zero-order chi connectivity index (χ0) is 23.8. The number of ether oxygens (including phenoxy) is 1. The molecule has 1 N–H and O–H groups in total. The summed E-state index contributed by atoms with van der Waals surface area (Å²) in [7, 11) is 1.62. The lowest BCUT2D eigenvalue weighted by atomic mass is 9.81. The molecule has 3 aromatic rings. The number of thioether (sulfide) groups is 1. The van der Waals surface area contributed by atoms with Gasteiger partial charge in [-0.2, -0.15) is 0 Å². The molecule has 0 spiro atoms. The Hall–Kier alpha value is -2.22. The Labute approximate surface area is 205 Å². The first-order valence-corrected chi connectivity index (χ1v) is 13.1. The molecule has 3 atom stereocenters. The summed E-state index contributed by atoms with van der Waals surface area (Å²) < 4.78 is 20.7. The van der Waals surface area contributed by atoms with Crippen molar-refractivity contribution in [3.63, 3.8) is 0 Å². The van der Waals surface area contributed by atoms with E-state index in [0.717, 1.165) is 60.6 Å². The van der Waals surface area contributed by atoms with Gasteiger partial charge in [0.2, 0.25) is 0 Å². The number of hydrogen-bond donors (Lipinski definition) is 1. The molecule has 5 nitrogen and oxygen atoms in total. The van der Waals surface area contributed by atoms with Gasteiger partial charge in [-0.1, -0.05) is 6.07 Å². The molecule has 182 valence electrons. The van der Waals surface area contributed by atoms with Gasteiger partial charge in [0, 0.05) is 36.7 Å². The van der Waals surface area contributed by atoms with Crippen LogP contribution < -0.4 is 4.74 Å². The van der Waals surface area contributed by atoms with Crippen LogP contribution in [0.1, 0.15) is 37.4 Å². The van der Waals surface area contributed by atoms with E-state index in [1.165, 1.54) is 0 Å². The Balaban J connectivity index is 1.26. The average Bonchev–Trinajstić information content (AvgIpc) is 2.89. The minimum Gasteiger partial charge on any atom is -0.497 e. The summed E-state index contributed by atoms with van der Waals surface area (Å²) >= 11 is 1.79. The van der Waals surface area contributed by atoms with Crippen LogP contribution in [0.15, 0.2) is 59.9 Å². The van der Waals surface area contributed by atoms with Crippen molar-refractivity contribution in [3.8, 4) is 5.75 Å². The molecule has 4 rings (SSSR count). The van der Waals surface area contributed by atoms with Gasteiger partial charge in [-0.05, 0) is 92.6 Å². The largest absolute Gasteiger partial charge is 0.497 e. The fourth-order valence-corrected chi connectivity index (χ4v) is 5.70. The Morgan fingerprint density at radius 3 is 2.88 bits per heavy atom. The van der Waals surface area contributed by atoms with Gasteiger partial charge in [-0.25, -0.2) is 9.37 Å². The number of fused-ring (bicyclic) bond motifs is 1. The van der Waals surface area contributed by atoms with Crippen LogP contribution in [0.4, 0.5) is 4.39 Å². The minimum atomic E-state index is -1.06. The Morgan fingerprint density at radius 1 is 1.18 bits per heavy atom. The maximum absolute atomic E-state index is 15.4. The molecule has 2 aromatic heterocycles. The van der Waals surface area contributed by atoms with E-state index in [2.05, 4.69) is 14.9 Å².